The molecule has 1 atom stereocenters. The van der Waals surface area contributed by atoms with Crippen molar-refractivity contribution in [3.05, 3.63) is 47.5 Å². The second-order valence-electron chi connectivity index (χ2n) is 6.94. The van der Waals surface area contributed by atoms with Crippen LogP contribution in [0.15, 0.2) is 30.6 Å². The summed E-state index contributed by atoms with van der Waals surface area (Å²) in [6.07, 6.45) is 8.20. The smallest absolute Gasteiger partial charge is 0.257 e. The minimum Gasteiger partial charge on any atom is -0.507 e. The zero-order valence-electron chi connectivity index (χ0n) is 15.1. The molecule has 5 heteroatoms. The zero-order chi connectivity index (χ0) is 17.8. The highest BCUT2D eigenvalue weighted by Crippen LogP contribution is 2.28. The number of benzene rings is 1. The molecule has 3 rings (SSSR count). The lowest BCUT2D eigenvalue weighted by molar-refractivity contribution is 0.0700. The van der Waals surface area contributed by atoms with Crippen molar-refractivity contribution in [2.24, 2.45) is 0 Å². The molecule has 0 bridgehead atoms. The first-order valence-corrected chi connectivity index (χ1v) is 9.20. The van der Waals surface area contributed by atoms with Crippen LogP contribution in [-0.2, 0) is 6.54 Å². The molecular formula is C20H27N3O2. The maximum absolute atomic E-state index is 12.9. The van der Waals surface area contributed by atoms with Gasteiger partial charge in [-0.1, -0.05) is 25.0 Å². The molecule has 1 saturated heterocycles. The van der Waals surface area contributed by atoms with Gasteiger partial charge in [0.2, 0.25) is 0 Å². The molecule has 5 nitrogen and oxygen atoms in total. The third-order valence-corrected chi connectivity index (χ3v) is 4.96. The molecule has 1 fully saturated rings. The number of piperidine rings is 1. The molecule has 1 aromatic heterocycles. The van der Waals surface area contributed by atoms with Gasteiger partial charge in [-0.25, -0.2) is 4.98 Å². The van der Waals surface area contributed by atoms with Crippen molar-refractivity contribution in [3.8, 4) is 5.75 Å². The van der Waals surface area contributed by atoms with Gasteiger partial charge >= 0.3 is 0 Å². The third kappa shape index (κ3) is 3.86. The maximum atomic E-state index is 12.9. The van der Waals surface area contributed by atoms with E-state index < -0.39 is 0 Å². The van der Waals surface area contributed by atoms with E-state index in [-0.39, 0.29) is 17.6 Å². The lowest BCUT2D eigenvalue weighted by Gasteiger charge is -2.33. The number of aromatic nitrogens is 2. The van der Waals surface area contributed by atoms with Crippen molar-refractivity contribution in [2.75, 3.05) is 13.1 Å². The Morgan fingerprint density at radius 1 is 1.40 bits per heavy atom. The number of unbranched alkanes of at least 4 members (excludes halogenated alkanes) is 1. The highest BCUT2D eigenvalue weighted by Gasteiger charge is 2.29. The predicted molar refractivity (Wildman–Crippen MR) is 97.9 cm³/mol. The lowest BCUT2D eigenvalue weighted by atomic mass is 9.96. The summed E-state index contributed by atoms with van der Waals surface area (Å²) in [7, 11) is 0. The first-order chi connectivity index (χ1) is 12.1. The van der Waals surface area contributed by atoms with Crippen LogP contribution in [0.5, 0.6) is 5.75 Å². The molecule has 0 unspecified atom stereocenters. The molecule has 1 aromatic carbocycles. The third-order valence-electron chi connectivity index (χ3n) is 4.96. The molecule has 2 heterocycles. The Labute approximate surface area is 149 Å². The average molecular weight is 341 g/mol. The molecule has 1 N–H and O–H groups in total. The Balaban J connectivity index is 1.76. The van der Waals surface area contributed by atoms with Gasteiger partial charge in [0, 0.05) is 37.9 Å². The average Bonchev–Trinajstić information content (AvgIpc) is 3.10. The van der Waals surface area contributed by atoms with E-state index in [0.29, 0.717) is 12.1 Å². The van der Waals surface area contributed by atoms with Crippen LogP contribution in [0.3, 0.4) is 0 Å². The summed E-state index contributed by atoms with van der Waals surface area (Å²) < 4.78 is 2.23. The van der Waals surface area contributed by atoms with Crippen molar-refractivity contribution < 1.29 is 9.90 Å². The maximum Gasteiger partial charge on any atom is 0.257 e. The van der Waals surface area contributed by atoms with Gasteiger partial charge in [-0.15, -0.1) is 0 Å². The number of aromatic hydroxyl groups is 1. The Hall–Kier alpha value is -2.30. The summed E-state index contributed by atoms with van der Waals surface area (Å²) in [5.74, 6) is 1.32. The van der Waals surface area contributed by atoms with E-state index in [4.69, 9.17) is 0 Å². The minimum atomic E-state index is -0.0856. The van der Waals surface area contributed by atoms with E-state index in [2.05, 4.69) is 16.5 Å². The summed E-state index contributed by atoms with van der Waals surface area (Å²) in [5, 5.41) is 10.1. The number of rotatable bonds is 5. The first kappa shape index (κ1) is 17.5. The number of nitrogens with zero attached hydrogens (tertiary/aromatic N) is 3. The SMILES string of the molecule is CCCCn1ccnc1[C@@H]1CCCN(C(=O)c2cc(C)ccc2O)C1. The van der Waals surface area contributed by atoms with Crippen LogP contribution in [0.25, 0.3) is 0 Å². The number of hydrogen-bond donors (Lipinski definition) is 1. The Bertz CT molecular complexity index is 738. The molecule has 1 aliphatic heterocycles. The van der Waals surface area contributed by atoms with E-state index in [9.17, 15) is 9.90 Å². The van der Waals surface area contributed by atoms with Gasteiger partial charge in [0.05, 0.1) is 5.56 Å². The monoisotopic (exact) mass is 341 g/mol. The van der Waals surface area contributed by atoms with Gasteiger partial charge in [0.25, 0.3) is 5.91 Å². The lowest BCUT2D eigenvalue weighted by Crippen LogP contribution is -2.39. The largest absolute Gasteiger partial charge is 0.507 e. The molecule has 25 heavy (non-hydrogen) atoms. The fraction of sp³-hybridized carbons (Fsp3) is 0.500. The Morgan fingerprint density at radius 3 is 3.04 bits per heavy atom. The van der Waals surface area contributed by atoms with Gasteiger partial charge < -0.3 is 14.6 Å². The number of amides is 1. The standard InChI is InChI=1S/C20H27N3O2/c1-3-4-10-22-12-9-21-19(22)16-6-5-11-23(14-16)20(25)17-13-15(2)7-8-18(17)24/h7-9,12-13,16,24H,3-6,10-11,14H2,1-2H3/t16-/m1/s1. The second kappa shape index (κ2) is 7.72. The molecule has 0 aliphatic carbocycles. The van der Waals surface area contributed by atoms with E-state index in [0.717, 1.165) is 50.2 Å². The number of phenols is 1. The normalized spacial score (nSPS) is 17.7. The number of carbonyl (C=O) groups is 1. The van der Waals surface area contributed by atoms with E-state index in [1.165, 1.54) is 0 Å². The minimum absolute atomic E-state index is 0.0576. The quantitative estimate of drug-likeness (QED) is 0.902. The highest BCUT2D eigenvalue weighted by atomic mass is 16.3. The van der Waals surface area contributed by atoms with E-state index in [1.54, 1.807) is 12.1 Å². The Morgan fingerprint density at radius 2 is 2.24 bits per heavy atom. The van der Waals surface area contributed by atoms with Gasteiger partial charge in [-0.3, -0.25) is 4.79 Å². The van der Waals surface area contributed by atoms with Crippen LogP contribution in [0, 0.1) is 6.92 Å². The van der Waals surface area contributed by atoms with Crippen molar-refractivity contribution in [1.82, 2.24) is 14.5 Å². The topological polar surface area (TPSA) is 58.4 Å². The van der Waals surface area contributed by atoms with Crippen LogP contribution < -0.4 is 0 Å². The van der Waals surface area contributed by atoms with Crippen LogP contribution in [0.2, 0.25) is 0 Å². The molecular weight excluding hydrogens is 314 g/mol. The van der Waals surface area contributed by atoms with Crippen molar-refractivity contribution >= 4 is 5.91 Å². The molecule has 1 aliphatic rings. The highest BCUT2D eigenvalue weighted by molar-refractivity contribution is 5.97. The van der Waals surface area contributed by atoms with Crippen LogP contribution >= 0.6 is 0 Å². The summed E-state index contributed by atoms with van der Waals surface area (Å²) in [5.41, 5.74) is 1.37. The van der Waals surface area contributed by atoms with Gasteiger partial charge in [-0.05, 0) is 38.3 Å². The van der Waals surface area contributed by atoms with Crippen LogP contribution in [0.1, 0.15) is 60.3 Å². The zero-order valence-corrected chi connectivity index (χ0v) is 15.1. The summed E-state index contributed by atoms with van der Waals surface area (Å²) >= 11 is 0. The number of hydrogen-bond acceptors (Lipinski definition) is 3. The van der Waals surface area contributed by atoms with Crippen molar-refractivity contribution in [2.45, 2.75) is 52.0 Å². The van der Waals surface area contributed by atoms with E-state index >= 15 is 0 Å². The number of imidazole rings is 1. The van der Waals surface area contributed by atoms with Crippen molar-refractivity contribution in [3.63, 3.8) is 0 Å². The van der Waals surface area contributed by atoms with E-state index in [1.807, 2.05) is 30.3 Å². The Kier molecular flexibility index (Phi) is 5.41. The molecule has 2 aromatic rings. The van der Waals surface area contributed by atoms with Crippen LogP contribution in [-0.4, -0.2) is 38.6 Å². The number of likely N-dealkylation sites (tertiary alicyclic amines) is 1. The molecule has 0 saturated carbocycles. The molecule has 134 valence electrons. The molecule has 1 amide bonds. The molecule has 0 spiro atoms. The first-order valence-electron chi connectivity index (χ1n) is 9.20. The summed E-state index contributed by atoms with van der Waals surface area (Å²) in [6, 6.07) is 5.18. The van der Waals surface area contributed by atoms with Gasteiger partial charge in [0.1, 0.15) is 11.6 Å². The van der Waals surface area contributed by atoms with Gasteiger partial charge in [0.15, 0.2) is 0 Å². The number of aryl methyl sites for hydroxylation is 2. The predicted octanol–water partition coefficient (Wildman–Crippen LogP) is 3.72. The second-order valence-corrected chi connectivity index (χ2v) is 6.94. The fourth-order valence-electron chi connectivity index (χ4n) is 3.56. The number of carbonyl (C=O) groups excluding carboxylic acids is 1. The summed E-state index contributed by atoms with van der Waals surface area (Å²) in [4.78, 5) is 19.3. The fourth-order valence-corrected chi connectivity index (χ4v) is 3.56. The van der Waals surface area contributed by atoms with Crippen LogP contribution in [0.4, 0.5) is 0 Å². The molecule has 0 radical (unpaired) electrons. The van der Waals surface area contributed by atoms with Gasteiger partial charge in [-0.2, -0.15) is 0 Å². The number of phenolic OH excluding ortho intramolecular Hbond substituents is 1. The summed E-state index contributed by atoms with van der Waals surface area (Å²) in [6.45, 7) is 6.49. The van der Waals surface area contributed by atoms with Crippen molar-refractivity contribution in [1.29, 1.82) is 0 Å².